The van der Waals surface area contributed by atoms with Crippen molar-refractivity contribution in [2.24, 2.45) is 0 Å². The summed E-state index contributed by atoms with van der Waals surface area (Å²) in [5, 5.41) is 0. The van der Waals surface area contributed by atoms with Crippen LogP contribution in [-0.2, 0) is 12.8 Å². The van der Waals surface area contributed by atoms with E-state index in [0.717, 1.165) is 81.3 Å². The fourth-order valence-corrected chi connectivity index (χ4v) is 7.26. The summed E-state index contributed by atoms with van der Waals surface area (Å²) in [4.78, 5) is 28.0. The summed E-state index contributed by atoms with van der Waals surface area (Å²) in [6, 6.07) is 29.1. The highest BCUT2D eigenvalue weighted by Gasteiger charge is 2.34. The second-order valence-corrected chi connectivity index (χ2v) is 12.9. The van der Waals surface area contributed by atoms with Crippen LogP contribution < -0.4 is 0 Å². The van der Waals surface area contributed by atoms with Crippen molar-refractivity contribution in [3.05, 3.63) is 141 Å². The molecule has 0 fully saturated rings. The molecule has 4 aromatic rings. The van der Waals surface area contributed by atoms with Gasteiger partial charge in [-0.2, -0.15) is 0 Å². The number of hydrogen-bond acceptors (Lipinski definition) is 2. The van der Waals surface area contributed by atoms with Gasteiger partial charge < -0.3 is 0 Å². The Morgan fingerprint density at radius 1 is 0.378 bits per heavy atom. The molecule has 0 bridgehead atoms. The maximum Gasteiger partial charge on any atom is 0.194 e. The van der Waals surface area contributed by atoms with Gasteiger partial charge in [-0.05, 0) is 82.3 Å². The summed E-state index contributed by atoms with van der Waals surface area (Å²) in [6.45, 7) is 4.50. The Labute approximate surface area is 269 Å². The van der Waals surface area contributed by atoms with Gasteiger partial charge in [-0.15, -0.1) is 0 Å². The lowest BCUT2D eigenvalue weighted by Crippen LogP contribution is -2.20. The van der Waals surface area contributed by atoms with Crippen LogP contribution >= 0.6 is 0 Å². The van der Waals surface area contributed by atoms with Gasteiger partial charge in [0.25, 0.3) is 0 Å². The van der Waals surface area contributed by atoms with E-state index < -0.39 is 0 Å². The van der Waals surface area contributed by atoms with E-state index in [2.05, 4.69) is 62.4 Å². The Balaban J connectivity index is 1.45. The fraction of sp³-hybridized carbons (Fsp3) is 0.349. The van der Waals surface area contributed by atoms with E-state index >= 15 is 0 Å². The molecule has 2 aliphatic rings. The normalized spacial score (nSPS) is 15.0. The van der Waals surface area contributed by atoms with E-state index in [1.807, 2.05) is 36.4 Å². The fourth-order valence-electron chi connectivity index (χ4n) is 7.26. The first-order chi connectivity index (χ1) is 22.1. The quantitative estimate of drug-likeness (QED) is 0.125. The van der Waals surface area contributed by atoms with Gasteiger partial charge in [0, 0.05) is 22.3 Å². The lowest BCUT2D eigenvalue weighted by Gasteiger charge is -2.29. The highest BCUT2D eigenvalue weighted by Crippen LogP contribution is 2.47. The molecule has 0 spiro atoms. The van der Waals surface area contributed by atoms with E-state index in [1.54, 1.807) is 0 Å². The molecule has 0 unspecified atom stereocenters. The Hall–Kier alpha value is -4.04. The molecule has 45 heavy (non-hydrogen) atoms. The number of unbranched alkanes of at least 4 members (excludes halogenated alkanes) is 9. The van der Waals surface area contributed by atoms with Gasteiger partial charge in [0.15, 0.2) is 11.6 Å². The first kappa shape index (κ1) is 31.0. The molecule has 230 valence electrons. The third-order valence-corrected chi connectivity index (χ3v) is 9.72. The third kappa shape index (κ3) is 6.39. The van der Waals surface area contributed by atoms with Gasteiger partial charge in [-0.25, -0.2) is 0 Å². The van der Waals surface area contributed by atoms with Gasteiger partial charge in [0.05, 0.1) is 0 Å². The van der Waals surface area contributed by atoms with E-state index in [0.29, 0.717) is 0 Å². The maximum atomic E-state index is 14.0. The highest BCUT2D eigenvalue weighted by molar-refractivity contribution is 6.27. The van der Waals surface area contributed by atoms with Gasteiger partial charge in [0.1, 0.15) is 0 Å². The van der Waals surface area contributed by atoms with Crippen LogP contribution in [0.25, 0.3) is 11.1 Å². The van der Waals surface area contributed by atoms with Crippen LogP contribution in [0.3, 0.4) is 0 Å². The van der Waals surface area contributed by atoms with Crippen molar-refractivity contribution in [3.63, 3.8) is 0 Å². The third-order valence-electron chi connectivity index (χ3n) is 9.72. The van der Waals surface area contributed by atoms with Crippen molar-refractivity contribution in [2.45, 2.75) is 97.3 Å². The number of fused-ring (bicyclic) bond motifs is 4. The van der Waals surface area contributed by atoms with Crippen LogP contribution in [0.1, 0.15) is 150 Å². The molecule has 2 aliphatic carbocycles. The Bertz CT molecular complexity index is 1740. The van der Waals surface area contributed by atoms with Crippen LogP contribution in [0, 0.1) is 0 Å². The summed E-state index contributed by atoms with van der Waals surface area (Å²) in [5.41, 5.74) is 11.4. The van der Waals surface area contributed by atoms with Crippen molar-refractivity contribution in [2.75, 3.05) is 0 Å². The van der Waals surface area contributed by atoms with Gasteiger partial charge in [-0.3, -0.25) is 9.59 Å². The smallest absolute Gasteiger partial charge is 0.194 e. The highest BCUT2D eigenvalue weighted by atomic mass is 16.1. The average molecular weight is 595 g/mol. The predicted molar refractivity (Wildman–Crippen MR) is 187 cm³/mol. The number of rotatable bonds is 13. The molecule has 0 atom stereocenters. The molecule has 0 saturated carbocycles. The second-order valence-electron chi connectivity index (χ2n) is 12.9. The van der Waals surface area contributed by atoms with Gasteiger partial charge in [-0.1, -0.05) is 144 Å². The second kappa shape index (κ2) is 14.4. The number of carbonyl (C=O) groups excluding carboxylic acids is 2. The van der Waals surface area contributed by atoms with Crippen LogP contribution in [0.4, 0.5) is 0 Å². The zero-order valence-electron chi connectivity index (χ0n) is 27.1. The maximum absolute atomic E-state index is 14.0. The monoisotopic (exact) mass is 594 g/mol. The molecular formula is C43H46O2. The van der Waals surface area contributed by atoms with E-state index in [4.69, 9.17) is 0 Å². The van der Waals surface area contributed by atoms with Crippen LogP contribution in [0.2, 0.25) is 0 Å². The lowest BCUT2D eigenvalue weighted by atomic mass is 9.72. The molecule has 0 amide bonds. The standard InChI is InChI=1S/C43H46O2/c1-3-5-7-9-11-13-19-31-25-27-35-39(29-31)43(45)37-23-17-15-21-33(37)41(35)40-32-20-14-16-22-36(32)42(44)38-28-30(24-26-34(38)40)18-12-10-8-6-4-2/h14-17,20-29H,3-13,18-19H2,1-2H3/b41-40-. The molecule has 0 aliphatic heterocycles. The first-order valence-corrected chi connectivity index (χ1v) is 17.4. The lowest BCUT2D eigenvalue weighted by molar-refractivity contribution is 0.102. The number of benzene rings is 4. The number of hydrogen-bond donors (Lipinski definition) is 0. The van der Waals surface area contributed by atoms with Crippen LogP contribution in [-0.4, -0.2) is 11.6 Å². The predicted octanol–water partition coefficient (Wildman–Crippen LogP) is 11.2. The van der Waals surface area contributed by atoms with Crippen molar-refractivity contribution < 1.29 is 9.59 Å². The molecule has 2 nitrogen and oxygen atoms in total. The Kier molecular flexibility index (Phi) is 9.89. The van der Waals surface area contributed by atoms with Crippen molar-refractivity contribution in [1.29, 1.82) is 0 Å². The minimum atomic E-state index is 0.0902. The van der Waals surface area contributed by atoms with Crippen molar-refractivity contribution in [3.8, 4) is 0 Å². The molecule has 0 aromatic heterocycles. The van der Waals surface area contributed by atoms with Crippen LogP contribution in [0.15, 0.2) is 84.9 Å². The molecule has 0 heterocycles. The summed E-state index contributed by atoms with van der Waals surface area (Å²) in [5.74, 6) is 0.182. The molecule has 2 heteroatoms. The molecule has 0 radical (unpaired) electrons. The summed E-state index contributed by atoms with van der Waals surface area (Å²) >= 11 is 0. The summed E-state index contributed by atoms with van der Waals surface area (Å²) in [7, 11) is 0. The number of carbonyl (C=O) groups is 2. The molecule has 6 rings (SSSR count). The van der Waals surface area contributed by atoms with Gasteiger partial charge >= 0.3 is 0 Å². The SMILES string of the molecule is CCCCCCCCc1ccc2c(c1)C(=O)c1ccccc1/C2=C1\c2ccccc2C(=O)c2cc(CCCCCCC)ccc21. The molecule has 4 aromatic carbocycles. The van der Waals surface area contributed by atoms with Crippen molar-refractivity contribution in [1.82, 2.24) is 0 Å². The minimum absolute atomic E-state index is 0.0902. The first-order valence-electron chi connectivity index (χ1n) is 17.4. The molecule has 0 N–H and O–H groups in total. The summed E-state index contributed by atoms with van der Waals surface area (Å²) in [6.07, 6.45) is 15.6. The minimum Gasteiger partial charge on any atom is -0.289 e. The largest absolute Gasteiger partial charge is 0.289 e. The Morgan fingerprint density at radius 2 is 0.733 bits per heavy atom. The molecule has 0 saturated heterocycles. The Morgan fingerprint density at radius 3 is 1.16 bits per heavy atom. The molecular weight excluding hydrogens is 548 g/mol. The summed E-state index contributed by atoms with van der Waals surface area (Å²) < 4.78 is 0. The zero-order chi connectivity index (χ0) is 31.2. The van der Waals surface area contributed by atoms with Crippen LogP contribution in [0.5, 0.6) is 0 Å². The zero-order valence-corrected chi connectivity index (χ0v) is 27.1. The van der Waals surface area contributed by atoms with Gasteiger partial charge in [0.2, 0.25) is 0 Å². The van der Waals surface area contributed by atoms with E-state index in [-0.39, 0.29) is 11.6 Å². The van der Waals surface area contributed by atoms with Crippen molar-refractivity contribution >= 4 is 22.7 Å². The van der Waals surface area contributed by atoms with E-state index in [1.165, 1.54) is 68.9 Å². The van der Waals surface area contributed by atoms with E-state index in [9.17, 15) is 9.59 Å². The number of aryl methyl sites for hydroxylation is 2. The average Bonchev–Trinajstić information content (AvgIpc) is 3.08. The number of ketones is 2. The topological polar surface area (TPSA) is 34.1 Å².